The van der Waals surface area contributed by atoms with Crippen molar-refractivity contribution in [2.24, 2.45) is 0 Å². The number of amides is 2. The first-order valence-corrected chi connectivity index (χ1v) is 6.77. The third-order valence-electron chi connectivity index (χ3n) is 3.15. The van der Waals surface area contributed by atoms with E-state index in [1.165, 1.54) is 15.4 Å². The lowest BCUT2D eigenvalue weighted by atomic mass is 10.1. The Morgan fingerprint density at radius 1 is 1.22 bits per heavy atom. The number of fused-ring (bicyclic) bond motifs is 1. The maximum absolute atomic E-state index is 11.6. The molecule has 3 rings (SSSR count). The van der Waals surface area contributed by atoms with E-state index in [9.17, 15) is 9.59 Å². The van der Waals surface area contributed by atoms with Crippen LogP contribution in [0.15, 0.2) is 29.2 Å². The zero-order valence-corrected chi connectivity index (χ0v) is 10.6. The molecule has 1 aromatic rings. The van der Waals surface area contributed by atoms with E-state index in [1.54, 1.807) is 11.8 Å². The normalized spacial score (nSPS) is 23.3. The molecule has 2 amide bonds. The lowest BCUT2D eigenvalue weighted by Crippen LogP contribution is -2.48. The molecule has 0 spiro atoms. The van der Waals surface area contributed by atoms with Crippen molar-refractivity contribution >= 4 is 23.6 Å². The number of thioether (sulfide) groups is 1. The minimum absolute atomic E-state index is 0.0239. The fourth-order valence-corrected chi connectivity index (χ4v) is 3.59. The van der Waals surface area contributed by atoms with Crippen molar-refractivity contribution in [3.63, 3.8) is 0 Å². The highest BCUT2D eigenvalue weighted by Crippen LogP contribution is 2.37. The van der Waals surface area contributed by atoms with Gasteiger partial charge in [0.2, 0.25) is 0 Å². The number of imide groups is 1. The summed E-state index contributed by atoms with van der Waals surface area (Å²) in [4.78, 5) is 25.9. The monoisotopic (exact) mass is 263 g/mol. The van der Waals surface area contributed by atoms with Gasteiger partial charge in [-0.05, 0) is 18.1 Å². The predicted molar refractivity (Wildman–Crippen MR) is 67.3 cm³/mol. The number of nitrogens with zero attached hydrogens (tertiary/aromatic N) is 1. The van der Waals surface area contributed by atoms with Crippen LogP contribution in [0.2, 0.25) is 0 Å². The van der Waals surface area contributed by atoms with E-state index in [4.69, 9.17) is 4.74 Å². The van der Waals surface area contributed by atoms with Gasteiger partial charge in [-0.25, -0.2) is 0 Å². The molecule has 1 fully saturated rings. The van der Waals surface area contributed by atoms with Gasteiger partial charge >= 0.3 is 0 Å². The molecule has 5 heteroatoms. The van der Waals surface area contributed by atoms with E-state index in [-0.39, 0.29) is 30.3 Å². The minimum Gasteiger partial charge on any atom is -0.362 e. The highest BCUT2D eigenvalue weighted by molar-refractivity contribution is 8.00. The number of hydrogen-bond acceptors (Lipinski definition) is 4. The zero-order valence-electron chi connectivity index (χ0n) is 9.80. The Labute approximate surface area is 109 Å². The van der Waals surface area contributed by atoms with Gasteiger partial charge in [0.05, 0.1) is 0 Å². The maximum atomic E-state index is 11.6. The quantitative estimate of drug-likeness (QED) is 0.749. The smallest absolute Gasteiger partial charge is 0.255 e. The van der Waals surface area contributed by atoms with Crippen molar-refractivity contribution in [1.82, 2.24) is 4.90 Å². The molecule has 2 heterocycles. The number of carbonyl (C=O) groups is 2. The van der Waals surface area contributed by atoms with Crippen LogP contribution in [0, 0.1) is 0 Å². The van der Waals surface area contributed by atoms with Crippen LogP contribution in [0.1, 0.15) is 5.56 Å². The average Bonchev–Trinajstić information content (AvgIpc) is 2.76. The van der Waals surface area contributed by atoms with Gasteiger partial charge in [-0.3, -0.25) is 14.5 Å². The lowest BCUT2D eigenvalue weighted by Gasteiger charge is -2.26. The molecule has 0 aromatic heterocycles. The van der Waals surface area contributed by atoms with Gasteiger partial charge < -0.3 is 4.74 Å². The molecular formula is C13H13NO3S. The van der Waals surface area contributed by atoms with Crippen LogP contribution >= 0.6 is 11.8 Å². The van der Waals surface area contributed by atoms with Crippen molar-refractivity contribution in [2.75, 3.05) is 19.8 Å². The molecule has 0 saturated carbocycles. The summed E-state index contributed by atoms with van der Waals surface area (Å²) in [5.41, 5.74) is 1.31. The van der Waals surface area contributed by atoms with Crippen LogP contribution < -0.4 is 0 Å². The molecule has 2 aliphatic rings. The molecule has 0 aliphatic carbocycles. The molecule has 2 aliphatic heterocycles. The summed E-state index contributed by atoms with van der Waals surface area (Å²) in [7, 11) is 0. The molecule has 18 heavy (non-hydrogen) atoms. The van der Waals surface area contributed by atoms with E-state index in [0.717, 1.165) is 6.42 Å². The molecule has 1 saturated heterocycles. The van der Waals surface area contributed by atoms with E-state index >= 15 is 0 Å². The number of benzene rings is 1. The summed E-state index contributed by atoms with van der Waals surface area (Å²) in [6.07, 6.45) is 0.915. The van der Waals surface area contributed by atoms with Crippen LogP contribution in [-0.2, 0) is 20.7 Å². The second kappa shape index (κ2) is 4.74. The van der Waals surface area contributed by atoms with Crippen molar-refractivity contribution in [1.29, 1.82) is 0 Å². The highest BCUT2D eigenvalue weighted by atomic mass is 32.2. The molecule has 0 N–H and O–H groups in total. The Morgan fingerprint density at radius 3 is 2.67 bits per heavy atom. The summed E-state index contributed by atoms with van der Waals surface area (Å²) >= 11 is 1.75. The maximum Gasteiger partial charge on any atom is 0.255 e. The Hall–Kier alpha value is -1.33. The summed E-state index contributed by atoms with van der Waals surface area (Å²) in [6.45, 7) is 0.534. The van der Waals surface area contributed by atoms with Gasteiger partial charge in [0.25, 0.3) is 11.8 Å². The lowest BCUT2D eigenvalue weighted by molar-refractivity contribution is -0.158. The summed E-state index contributed by atoms with van der Waals surface area (Å²) in [5.74, 6) is -0.439. The van der Waals surface area contributed by atoms with E-state index < -0.39 is 0 Å². The third kappa shape index (κ3) is 2.15. The number of hydrogen-bond donors (Lipinski definition) is 0. The SMILES string of the molecule is O=C1COCC(=O)N1CC1Cc2ccccc2S1. The topological polar surface area (TPSA) is 46.6 Å². The van der Waals surface area contributed by atoms with Gasteiger partial charge in [-0.15, -0.1) is 11.8 Å². The first-order valence-electron chi connectivity index (χ1n) is 5.89. The van der Waals surface area contributed by atoms with Gasteiger partial charge in [0.1, 0.15) is 13.2 Å². The highest BCUT2D eigenvalue weighted by Gasteiger charge is 2.31. The first-order chi connectivity index (χ1) is 8.74. The van der Waals surface area contributed by atoms with Crippen LogP contribution in [0.5, 0.6) is 0 Å². The standard InChI is InChI=1S/C13H13NO3S/c15-12-7-17-8-13(16)14(12)6-10-5-9-3-1-2-4-11(9)18-10/h1-4,10H,5-8H2. The molecule has 1 aromatic carbocycles. The predicted octanol–water partition coefficient (Wildman–Crippen LogP) is 1.09. The van der Waals surface area contributed by atoms with Crippen LogP contribution in [0.3, 0.4) is 0 Å². The van der Waals surface area contributed by atoms with E-state index in [1.807, 2.05) is 12.1 Å². The van der Waals surface area contributed by atoms with Crippen LogP contribution in [-0.4, -0.2) is 41.7 Å². The Kier molecular flexibility index (Phi) is 3.09. The second-order valence-electron chi connectivity index (χ2n) is 4.44. The average molecular weight is 263 g/mol. The third-order valence-corrected chi connectivity index (χ3v) is 4.45. The summed E-state index contributed by atoms with van der Waals surface area (Å²) in [5, 5.41) is 0.272. The van der Waals surface area contributed by atoms with Crippen molar-refractivity contribution < 1.29 is 14.3 Å². The molecule has 0 bridgehead atoms. The van der Waals surface area contributed by atoms with Crippen molar-refractivity contribution in [2.45, 2.75) is 16.6 Å². The second-order valence-corrected chi connectivity index (χ2v) is 5.78. The number of ether oxygens (including phenoxy) is 1. The Balaban J connectivity index is 1.68. The first kappa shape index (κ1) is 11.7. The Morgan fingerprint density at radius 2 is 1.94 bits per heavy atom. The Bertz CT molecular complexity index is 462. The zero-order chi connectivity index (χ0) is 12.5. The number of carbonyl (C=O) groups excluding carboxylic acids is 2. The largest absolute Gasteiger partial charge is 0.362 e. The number of morpholine rings is 1. The van der Waals surface area contributed by atoms with Crippen LogP contribution in [0.4, 0.5) is 0 Å². The van der Waals surface area contributed by atoms with Crippen molar-refractivity contribution in [3.05, 3.63) is 29.8 Å². The fraction of sp³-hybridized carbons (Fsp3) is 0.385. The van der Waals surface area contributed by atoms with Crippen molar-refractivity contribution in [3.8, 4) is 0 Å². The van der Waals surface area contributed by atoms with Gasteiger partial charge in [-0.1, -0.05) is 18.2 Å². The molecule has 4 nitrogen and oxygen atoms in total. The van der Waals surface area contributed by atoms with Crippen LogP contribution in [0.25, 0.3) is 0 Å². The summed E-state index contributed by atoms with van der Waals surface area (Å²) < 4.78 is 4.90. The molecule has 0 radical (unpaired) electrons. The minimum atomic E-state index is -0.220. The molecule has 1 unspecified atom stereocenters. The van der Waals surface area contributed by atoms with E-state index in [2.05, 4.69) is 12.1 Å². The fourth-order valence-electron chi connectivity index (χ4n) is 2.28. The molecular weight excluding hydrogens is 250 g/mol. The van der Waals surface area contributed by atoms with Gasteiger partial charge in [0, 0.05) is 16.7 Å². The molecule has 94 valence electrons. The van der Waals surface area contributed by atoms with Gasteiger partial charge in [-0.2, -0.15) is 0 Å². The molecule has 1 atom stereocenters. The van der Waals surface area contributed by atoms with E-state index in [0.29, 0.717) is 6.54 Å². The summed E-state index contributed by atoms with van der Waals surface area (Å²) in [6, 6.07) is 8.22. The van der Waals surface area contributed by atoms with Gasteiger partial charge in [0.15, 0.2) is 0 Å². The number of rotatable bonds is 2.